The van der Waals surface area contributed by atoms with E-state index < -0.39 is 10.1 Å². The van der Waals surface area contributed by atoms with E-state index in [4.69, 9.17) is 9.55 Å². The van der Waals surface area contributed by atoms with Crippen LogP contribution in [-0.4, -0.2) is 8.42 Å². The van der Waals surface area contributed by atoms with Crippen molar-refractivity contribution < 1.29 is 17.4 Å². The average Bonchev–Trinajstić information content (AvgIpc) is 2.39. The van der Waals surface area contributed by atoms with Gasteiger partial charge in [0.1, 0.15) is 4.90 Å². The number of nitriles is 1. The predicted octanol–water partition coefficient (Wildman–Crippen LogP) is 1.61. The number of hydrogen-bond acceptors (Lipinski definition) is 5. The highest BCUT2D eigenvalue weighted by atomic mass is 32.2. The first-order chi connectivity index (χ1) is 10.3. The molecule has 2 aromatic rings. The fraction of sp³-hybridized carbons (Fsp3) is 0.200. The Balaban J connectivity index is 2.34. The van der Waals surface area contributed by atoms with Crippen molar-refractivity contribution in [1.82, 2.24) is 0 Å². The quantitative estimate of drug-likeness (QED) is 0.526. The largest absolute Gasteiger partial charge is 0.396 e. The topological polar surface area (TPSA) is 83.1 Å². The van der Waals surface area contributed by atoms with Crippen LogP contribution in [-0.2, 0) is 10.1 Å². The number of nitrogens with one attached hydrogen (secondary N) is 1. The highest BCUT2D eigenvalue weighted by Crippen LogP contribution is 2.21. The molecule has 2 rings (SSSR count). The van der Waals surface area contributed by atoms with Gasteiger partial charge < -0.3 is 0 Å². The SMILES string of the molecule is Cc1cc(C)c(S(=O)(=O)O[n+]2ccc(NC#N)cc2)c(C)c1. The average molecular weight is 318 g/mol. The van der Waals surface area contributed by atoms with Crippen molar-refractivity contribution in [3.63, 3.8) is 0 Å². The molecule has 0 aliphatic rings. The summed E-state index contributed by atoms with van der Waals surface area (Å²) in [6.07, 6.45) is 4.60. The number of rotatable bonds is 4. The van der Waals surface area contributed by atoms with E-state index in [-0.39, 0.29) is 4.90 Å². The predicted molar refractivity (Wildman–Crippen MR) is 80.3 cm³/mol. The Morgan fingerprint density at radius 3 is 2.18 bits per heavy atom. The number of nitrogens with zero attached hydrogens (tertiary/aromatic N) is 2. The summed E-state index contributed by atoms with van der Waals surface area (Å²) in [5.41, 5.74) is 2.82. The molecule has 0 aliphatic carbocycles. The lowest BCUT2D eigenvalue weighted by molar-refractivity contribution is -0.856. The maximum Gasteiger partial charge on any atom is 0.396 e. The van der Waals surface area contributed by atoms with Crippen molar-refractivity contribution in [1.29, 1.82) is 5.26 Å². The number of pyridine rings is 1. The van der Waals surface area contributed by atoms with Crippen LogP contribution in [0.4, 0.5) is 5.69 Å². The summed E-state index contributed by atoms with van der Waals surface area (Å²) in [5, 5.41) is 11.0. The Kier molecular flexibility index (Phi) is 4.33. The van der Waals surface area contributed by atoms with Crippen molar-refractivity contribution in [3.05, 3.63) is 53.3 Å². The molecule has 1 aromatic heterocycles. The van der Waals surface area contributed by atoms with Gasteiger partial charge in [-0.3, -0.25) is 5.32 Å². The molecule has 1 N–H and O–H groups in total. The van der Waals surface area contributed by atoms with Crippen molar-refractivity contribution in [2.45, 2.75) is 25.7 Å². The Morgan fingerprint density at radius 1 is 1.14 bits per heavy atom. The lowest BCUT2D eigenvalue weighted by Crippen LogP contribution is -2.45. The molecule has 0 bridgehead atoms. The van der Waals surface area contributed by atoms with E-state index in [9.17, 15) is 8.42 Å². The third-order valence-corrected chi connectivity index (χ3v) is 4.55. The second-order valence-corrected chi connectivity index (χ2v) is 6.41. The fourth-order valence-corrected chi connectivity index (χ4v) is 3.63. The molecule has 7 heteroatoms. The Hall–Kier alpha value is -2.59. The Labute approximate surface area is 129 Å². The number of aromatic nitrogens is 1. The van der Waals surface area contributed by atoms with Gasteiger partial charge in [-0.05, 0) is 31.9 Å². The number of hydrogen-bond donors (Lipinski definition) is 1. The number of anilines is 1. The van der Waals surface area contributed by atoms with Crippen LogP contribution in [0.5, 0.6) is 0 Å². The summed E-state index contributed by atoms with van der Waals surface area (Å²) in [6, 6.07) is 6.67. The van der Waals surface area contributed by atoms with E-state index in [0.717, 1.165) is 10.3 Å². The van der Waals surface area contributed by atoms with E-state index in [0.29, 0.717) is 16.8 Å². The standard InChI is InChI=1S/C15H15N3O3S/c1-11-8-12(2)15(13(3)9-11)22(19,20)21-18-6-4-14(5-7-18)17-10-16/h4-9H,1-3H3/p+1. The maximum absolute atomic E-state index is 12.5. The van der Waals surface area contributed by atoms with E-state index >= 15 is 0 Å². The van der Waals surface area contributed by atoms with E-state index in [1.165, 1.54) is 24.5 Å². The highest BCUT2D eigenvalue weighted by Gasteiger charge is 2.26. The van der Waals surface area contributed by atoms with E-state index in [2.05, 4.69) is 5.32 Å². The van der Waals surface area contributed by atoms with Crippen LogP contribution in [0.2, 0.25) is 0 Å². The fourth-order valence-electron chi connectivity index (χ4n) is 2.32. The molecule has 0 saturated carbocycles. The van der Waals surface area contributed by atoms with Crippen LogP contribution in [0.15, 0.2) is 41.6 Å². The normalized spacial score (nSPS) is 10.8. The van der Waals surface area contributed by atoms with Crippen LogP contribution in [0.25, 0.3) is 0 Å². The molecule has 6 nitrogen and oxygen atoms in total. The van der Waals surface area contributed by atoms with Crippen LogP contribution in [0.1, 0.15) is 16.7 Å². The molecule has 0 unspecified atom stereocenters. The summed E-state index contributed by atoms with van der Waals surface area (Å²) >= 11 is 0. The van der Waals surface area contributed by atoms with Gasteiger partial charge in [0.25, 0.3) is 0 Å². The minimum atomic E-state index is -3.94. The van der Waals surface area contributed by atoms with Crippen molar-refractivity contribution in [2.75, 3.05) is 5.32 Å². The van der Waals surface area contributed by atoms with Crippen LogP contribution in [0, 0.1) is 32.2 Å². The molecular formula is C15H16N3O3S+. The van der Waals surface area contributed by atoms with Gasteiger partial charge in [-0.2, -0.15) is 13.7 Å². The smallest absolute Gasteiger partial charge is 0.292 e. The zero-order valence-electron chi connectivity index (χ0n) is 12.5. The van der Waals surface area contributed by atoms with Gasteiger partial charge in [0, 0.05) is 16.9 Å². The summed E-state index contributed by atoms with van der Waals surface area (Å²) in [5.74, 6) is 0. The molecule has 0 atom stereocenters. The van der Waals surface area contributed by atoms with Gasteiger partial charge in [-0.25, -0.2) is 0 Å². The third-order valence-electron chi connectivity index (χ3n) is 3.04. The van der Waals surface area contributed by atoms with Crippen molar-refractivity contribution in [2.24, 2.45) is 0 Å². The van der Waals surface area contributed by atoms with Gasteiger partial charge in [-0.1, -0.05) is 17.7 Å². The summed E-state index contributed by atoms with van der Waals surface area (Å²) in [4.78, 5) is 0.171. The molecule has 22 heavy (non-hydrogen) atoms. The second kappa shape index (κ2) is 6.03. The van der Waals surface area contributed by atoms with Gasteiger partial charge in [0.15, 0.2) is 6.19 Å². The molecule has 0 fully saturated rings. The number of aryl methyl sites for hydroxylation is 3. The zero-order chi connectivity index (χ0) is 16.3. The molecule has 0 aliphatic heterocycles. The maximum atomic E-state index is 12.5. The Morgan fingerprint density at radius 2 is 1.68 bits per heavy atom. The molecule has 0 spiro atoms. The molecule has 0 radical (unpaired) electrons. The van der Waals surface area contributed by atoms with Crippen LogP contribution in [0.3, 0.4) is 0 Å². The van der Waals surface area contributed by atoms with Crippen molar-refractivity contribution >= 4 is 15.8 Å². The van der Waals surface area contributed by atoms with Gasteiger partial charge >= 0.3 is 10.1 Å². The van der Waals surface area contributed by atoms with E-state index in [1.807, 2.05) is 6.92 Å². The zero-order valence-corrected chi connectivity index (χ0v) is 13.3. The minimum absolute atomic E-state index is 0.171. The lowest BCUT2D eigenvalue weighted by atomic mass is 10.1. The molecular weight excluding hydrogens is 302 g/mol. The first-order valence-electron chi connectivity index (χ1n) is 6.53. The lowest BCUT2D eigenvalue weighted by Gasteiger charge is -2.09. The molecule has 1 heterocycles. The van der Waals surface area contributed by atoms with Crippen LogP contribution >= 0.6 is 0 Å². The molecule has 1 aromatic carbocycles. The number of benzene rings is 1. The van der Waals surface area contributed by atoms with Gasteiger partial charge in [0.05, 0.1) is 5.69 Å². The Bertz CT molecular complexity index is 814. The van der Waals surface area contributed by atoms with Gasteiger partial charge in [0.2, 0.25) is 12.4 Å². The minimum Gasteiger partial charge on any atom is -0.292 e. The van der Waals surface area contributed by atoms with Crippen LogP contribution < -0.4 is 14.3 Å². The second-order valence-electron chi connectivity index (χ2n) is 4.94. The summed E-state index contributed by atoms with van der Waals surface area (Å²) < 4.78 is 31.1. The van der Waals surface area contributed by atoms with Crippen molar-refractivity contribution in [3.8, 4) is 6.19 Å². The van der Waals surface area contributed by atoms with Gasteiger partial charge in [-0.15, -0.1) is 4.28 Å². The monoisotopic (exact) mass is 318 g/mol. The summed E-state index contributed by atoms with van der Waals surface area (Å²) in [6.45, 7) is 5.38. The van der Waals surface area contributed by atoms with E-state index in [1.54, 1.807) is 32.2 Å². The highest BCUT2D eigenvalue weighted by molar-refractivity contribution is 7.87. The third kappa shape index (κ3) is 3.35. The molecule has 0 amide bonds. The summed E-state index contributed by atoms with van der Waals surface area (Å²) in [7, 11) is -3.94. The first-order valence-corrected chi connectivity index (χ1v) is 7.93. The first kappa shape index (κ1) is 15.8. The molecule has 114 valence electrons. The molecule has 0 saturated heterocycles.